The number of benzene rings is 2. The molecule has 1 amide bonds. The van der Waals surface area contributed by atoms with E-state index in [4.69, 9.17) is 14.6 Å². The number of hydrogen-bond acceptors (Lipinski definition) is 5. The van der Waals surface area contributed by atoms with Crippen molar-refractivity contribution in [3.8, 4) is 11.5 Å². The van der Waals surface area contributed by atoms with Gasteiger partial charge in [-0.3, -0.25) is 4.79 Å². The van der Waals surface area contributed by atoms with Crippen molar-refractivity contribution in [1.82, 2.24) is 0 Å². The number of rotatable bonds is 9. The predicted molar refractivity (Wildman–Crippen MR) is 108 cm³/mol. The van der Waals surface area contributed by atoms with Gasteiger partial charge in [-0.2, -0.15) is 0 Å². The Morgan fingerprint density at radius 3 is 2.36 bits per heavy atom. The number of aryl methyl sites for hydroxylation is 1. The van der Waals surface area contributed by atoms with E-state index in [0.29, 0.717) is 36.8 Å². The first-order valence-corrected chi connectivity index (χ1v) is 10.6. The molecule has 2 aromatic rings. The van der Waals surface area contributed by atoms with Gasteiger partial charge in [0.2, 0.25) is 15.9 Å². The molecule has 7 nitrogen and oxygen atoms in total. The summed E-state index contributed by atoms with van der Waals surface area (Å²) in [4.78, 5) is 12.2. The number of hydrogen-bond donors (Lipinski definition) is 2. The molecule has 0 atom stereocenters. The first kappa shape index (κ1) is 21.7. The predicted octanol–water partition coefficient (Wildman–Crippen LogP) is 3.15. The van der Waals surface area contributed by atoms with Crippen molar-refractivity contribution < 1.29 is 22.7 Å². The maximum Gasteiger partial charge on any atom is 0.238 e. The highest BCUT2D eigenvalue weighted by atomic mass is 32.2. The molecule has 0 unspecified atom stereocenters. The second-order valence-electron chi connectivity index (χ2n) is 6.34. The summed E-state index contributed by atoms with van der Waals surface area (Å²) < 4.78 is 34.4. The highest BCUT2D eigenvalue weighted by Crippen LogP contribution is 2.27. The topological polar surface area (TPSA) is 108 Å². The van der Waals surface area contributed by atoms with Crippen LogP contribution in [0.4, 0.5) is 5.69 Å². The van der Waals surface area contributed by atoms with Gasteiger partial charge < -0.3 is 14.8 Å². The largest absolute Gasteiger partial charge is 0.490 e. The van der Waals surface area contributed by atoms with Crippen LogP contribution in [0.3, 0.4) is 0 Å². The smallest absolute Gasteiger partial charge is 0.238 e. The zero-order valence-electron chi connectivity index (χ0n) is 16.3. The van der Waals surface area contributed by atoms with E-state index >= 15 is 0 Å². The molecule has 3 N–H and O–H groups in total. The van der Waals surface area contributed by atoms with E-state index in [1.807, 2.05) is 38.1 Å². The average Bonchev–Trinajstić information content (AvgIpc) is 2.63. The third-order valence-corrected chi connectivity index (χ3v) is 5.09. The van der Waals surface area contributed by atoms with E-state index in [0.717, 1.165) is 11.1 Å². The second kappa shape index (κ2) is 9.57. The number of para-hydroxylation sites is 2. The Labute approximate surface area is 165 Å². The Morgan fingerprint density at radius 1 is 1.11 bits per heavy atom. The molecule has 8 heteroatoms. The molecule has 0 heterocycles. The SMILES string of the molecule is CCOc1ccccc1OCCCC(=O)Nc1cc(S(N)(=O)=O)cc(C)c1C. The van der Waals surface area contributed by atoms with Crippen LogP contribution in [0.2, 0.25) is 0 Å². The lowest BCUT2D eigenvalue weighted by Gasteiger charge is -2.13. The zero-order valence-corrected chi connectivity index (χ0v) is 17.1. The van der Waals surface area contributed by atoms with Crippen LogP contribution in [0.1, 0.15) is 30.9 Å². The Balaban J connectivity index is 1.92. The zero-order chi connectivity index (χ0) is 20.7. The monoisotopic (exact) mass is 406 g/mol. The van der Waals surface area contributed by atoms with E-state index in [-0.39, 0.29) is 17.2 Å². The summed E-state index contributed by atoms with van der Waals surface area (Å²) in [7, 11) is -3.84. The fourth-order valence-electron chi connectivity index (χ4n) is 2.59. The molecule has 0 fully saturated rings. The lowest BCUT2D eigenvalue weighted by molar-refractivity contribution is -0.116. The van der Waals surface area contributed by atoms with Crippen LogP contribution in [0, 0.1) is 13.8 Å². The molecule has 0 radical (unpaired) electrons. The molecule has 0 spiro atoms. The van der Waals surface area contributed by atoms with Gasteiger partial charge in [-0.25, -0.2) is 13.6 Å². The first-order chi connectivity index (χ1) is 13.2. The van der Waals surface area contributed by atoms with E-state index in [2.05, 4.69) is 5.32 Å². The second-order valence-corrected chi connectivity index (χ2v) is 7.90. The lowest BCUT2D eigenvalue weighted by Crippen LogP contribution is -2.16. The van der Waals surface area contributed by atoms with E-state index in [9.17, 15) is 13.2 Å². The summed E-state index contributed by atoms with van der Waals surface area (Å²) in [6.07, 6.45) is 0.730. The summed E-state index contributed by atoms with van der Waals surface area (Å²) >= 11 is 0. The standard InChI is InChI=1S/C20H26N2O5S/c1-4-26-18-8-5-6-9-19(18)27-11-7-10-20(23)22-17-13-16(28(21,24)25)12-14(2)15(17)3/h5-6,8-9,12-13H,4,7,10-11H2,1-3H3,(H,22,23)(H2,21,24,25). The number of primary sulfonamides is 1. The van der Waals surface area contributed by atoms with Crippen molar-refractivity contribution in [2.24, 2.45) is 5.14 Å². The van der Waals surface area contributed by atoms with Crippen molar-refractivity contribution in [2.75, 3.05) is 18.5 Å². The van der Waals surface area contributed by atoms with Crippen molar-refractivity contribution in [2.45, 2.75) is 38.5 Å². The summed E-state index contributed by atoms with van der Waals surface area (Å²) in [6.45, 7) is 6.37. The van der Waals surface area contributed by atoms with Crippen molar-refractivity contribution >= 4 is 21.6 Å². The molecule has 28 heavy (non-hydrogen) atoms. The number of anilines is 1. The third-order valence-electron chi connectivity index (χ3n) is 4.20. The van der Waals surface area contributed by atoms with Crippen LogP contribution in [0.25, 0.3) is 0 Å². The Kier molecular flexibility index (Phi) is 7.42. The fourth-order valence-corrected chi connectivity index (χ4v) is 3.22. The van der Waals surface area contributed by atoms with E-state index in [1.54, 1.807) is 6.92 Å². The Morgan fingerprint density at radius 2 is 1.75 bits per heavy atom. The molecular formula is C20H26N2O5S. The highest BCUT2D eigenvalue weighted by molar-refractivity contribution is 7.89. The van der Waals surface area contributed by atoms with E-state index < -0.39 is 10.0 Å². The number of carbonyl (C=O) groups excluding carboxylic acids is 1. The van der Waals surface area contributed by atoms with Crippen molar-refractivity contribution in [3.05, 3.63) is 47.5 Å². The van der Waals surface area contributed by atoms with Gasteiger partial charge >= 0.3 is 0 Å². The van der Waals surface area contributed by atoms with Gasteiger partial charge in [0.1, 0.15) is 0 Å². The molecule has 0 aliphatic rings. The first-order valence-electron chi connectivity index (χ1n) is 9.01. The number of nitrogens with one attached hydrogen (secondary N) is 1. The van der Waals surface area contributed by atoms with E-state index in [1.165, 1.54) is 12.1 Å². The van der Waals surface area contributed by atoms with Gasteiger partial charge in [-0.1, -0.05) is 12.1 Å². The minimum atomic E-state index is -3.84. The van der Waals surface area contributed by atoms with Crippen LogP contribution in [-0.2, 0) is 14.8 Å². The summed E-state index contributed by atoms with van der Waals surface area (Å²) in [5.41, 5.74) is 1.97. The number of nitrogens with two attached hydrogens (primary N) is 1. The van der Waals surface area contributed by atoms with Crippen molar-refractivity contribution in [1.29, 1.82) is 0 Å². The molecule has 0 saturated carbocycles. The molecule has 0 aromatic heterocycles. The fraction of sp³-hybridized carbons (Fsp3) is 0.350. The molecule has 0 saturated heterocycles. The molecular weight excluding hydrogens is 380 g/mol. The van der Waals surface area contributed by atoms with Crippen LogP contribution >= 0.6 is 0 Å². The molecule has 2 rings (SSSR count). The minimum Gasteiger partial charge on any atom is -0.490 e. The molecule has 0 bridgehead atoms. The average molecular weight is 407 g/mol. The number of sulfonamides is 1. The third kappa shape index (κ3) is 5.97. The van der Waals surface area contributed by atoms with Gasteiger partial charge in [0.05, 0.1) is 18.1 Å². The quantitative estimate of drug-likeness (QED) is 0.622. The Hall–Kier alpha value is -2.58. The molecule has 0 aliphatic carbocycles. The highest BCUT2D eigenvalue weighted by Gasteiger charge is 2.14. The summed E-state index contributed by atoms with van der Waals surface area (Å²) in [5.74, 6) is 1.08. The molecule has 0 aliphatic heterocycles. The Bertz CT molecular complexity index is 942. The molecule has 2 aromatic carbocycles. The van der Waals surface area contributed by atoms with Gasteiger partial charge in [-0.05, 0) is 62.6 Å². The van der Waals surface area contributed by atoms with Gasteiger partial charge in [0, 0.05) is 12.1 Å². The maximum atomic E-state index is 12.2. The van der Waals surface area contributed by atoms with Crippen LogP contribution in [0.15, 0.2) is 41.3 Å². The summed E-state index contributed by atoms with van der Waals surface area (Å²) in [5, 5.41) is 7.95. The van der Waals surface area contributed by atoms with Crippen LogP contribution in [-0.4, -0.2) is 27.5 Å². The number of amides is 1. The summed E-state index contributed by atoms with van der Waals surface area (Å²) in [6, 6.07) is 10.2. The normalized spacial score (nSPS) is 11.1. The van der Waals surface area contributed by atoms with Crippen LogP contribution in [0.5, 0.6) is 11.5 Å². The van der Waals surface area contributed by atoms with Gasteiger partial charge in [0.25, 0.3) is 0 Å². The molecule has 152 valence electrons. The lowest BCUT2D eigenvalue weighted by atomic mass is 10.1. The number of ether oxygens (including phenoxy) is 2. The van der Waals surface area contributed by atoms with Gasteiger partial charge in [0.15, 0.2) is 11.5 Å². The van der Waals surface area contributed by atoms with Crippen LogP contribution < -0.4 is 19.9 Å². The minimum absolute atomic E-state index is 0.0261. The maximum absolute atomic E-state index is 12.2. The number of carbonyl (C=O) groups is 1. The van der Waals surface area contributed by atoms with Gasteiger partial charge in [-0.15, -0.1) is 0 Å². The van der Waals surface area contributed by atoms with Crippen molar-refractivity contribution in [3.63, 3.8) is 0 Å².